The van der Waals surface area contributed by atoms with Crippen molar-refractivity contribution in [3.63, 3.8) is 0 Å². The van der Waals surface area contributed by atoms with E-state index in [1.165, 1.54) is 6.20 Å². The summed E-state index contributed by atoms with van der Waals surface area (Å²) >= 11 is 5.66. The number of hydrogen-bond donors (Lipinski definition) is 2. The summed E-state index contributed by atoms with van der Waals surface area (Å²) in [5.74, 6) is 0.294. The summed E-state index contributed by atoms with van der Waals surface area (Å²) in [4.78, 5) is 3.75. The predicted molar refractivity (Wildman–Crippen MR) is 41.5 cm³/mol. The number of nitrogens with zero attached hydrogens (tertiary/aromatic N) is 1. The van der Waals surface area contributed by atoms with Crippen molar-refractivity contribution in [3.05, 3.63) is 22.8 Å². The molecule has 0 aliphatic carbocycles. The van der Waals surface area contributed by atoms with Crippen molar-refractivity contribution < 1.29 is 0 Å². The lowest BCUT2D eigenvalue weighted by atomic mass is 10.3. The highest BCUT2D eigenvalue weighted by Gasteiger charge is 1.99. The van der Waals surface area contributed by atoms with E-state index in [-0.39, 0.29) is 0 Å². The lowest BCUT2D eigenvalue weighted by molar-refractivity contribution is 1.32. The molecule has 0 aliphatic rings. The van der Waals surface area contributed by atoms with Crippen LogP contribution in [-0.4, -0.2) is 11.2 Å². The number of nitrogens with one attached hydrogen (secondary N) is 1. The van der Waals surface area contributed by atoms with E-state index in [0.717, 1.165) is 6.21 Å². The van der Waals surface area contributed by atoms with Gasteiger partial charge in [-0.2, -0.15) is 0 Å². The van der Waals surface area contributed by atoms with Crippen LogP contribution in [0.2, 0.25) is 5.02 Å². The molecule has 0 unspecified atom stereocenters. The molecule has 3 N–H and O–H groups in total. The molecule has 0 aromatic carbocycles. The van der Waals surface area contributed by atoms with Crippen molar-refractivity contribution in [2.45, 2.75) is 0 Å². The summed E-state index contributed by atoms with van der Waals surface area (Å²) < 4.78 is 0. The maximum absolute atomic E-state index is 6.90. The zero-order valence-electron chi connectivity index (χ0n) is 5.13. The standard InChI is InChI=1S/C6H6ClN3/c7-5-1-2-10-6(9)4(5)3-8/h1-3,8H,(H2,9,10). The molecule has 0 aliphatic heterocycles. The van der Waals surface area contributed by atoms with Crippen LogP contribution in [0, 0.1) is 5.41 Å². The van der Waals surface area contributed by atoms with Crippen LogP contribution in [0.3, 0.4) is 0 Å². The first-order valence-corrected chi connectivity index (χ1v) is 3.04. The lowest BCUT2D eigenvalue weighted by Crippen LogP contribution is -1.96. The van der Waals surface area contributed by atoms with Crippen LogP contribution >= 0.6 is 11.6 Å². The first kappa shape index (κ1) is 7.02. The van der Waals surface area contributed by atoms with Crippen molar-refractivity contribution >= 4 is 23.6 Å². The Hall–Kier alpha value is -1.09. The fourth-order valence-corrected chi connectivity index (χ4v) is 0.815. The highest BCUT2D eigenvalue weighted by atomic mass is 35.5. The first-order valence-electron chi connectivity index (χ1n) is 2.66. The van der Waals surface area contributed by atoms with E-state index in [9.17, 15) is 0 Å². The quantitative estimate of drug-likeness (QED) is 0.601. The van der Waals surface area contributed by atoms with Crippen LogP contribution in [0.4, 0.5) is 5.82 Å². The number of aromatic nitrogens is 1. The second kappa shape index (κ2) is 2.66. The van der Waals surface area contributed by atoms with Crippen LogP contribution in [0.15, 0.2) is 12.3 Å². The van der Waals surface area contributed by atoms with Crippen LogP contribution in [0.1, 0.15) is 5.56 Å². The van der Waals surface area contributed by atoms with E-state index >= 15 is 0 Å². The molecule has 4 heteroatoms. The third-order valence-electron chi connectivity index (χ3n) is 1.11. The van der Waals surface area contributed by atoms with Crippen molar-refractivity contribution in [3.8, 4) is 0 Å². The fourth-order valence-electron chi connectivity index (χ4n) is 0.608. The number of rotatable bonds is 1. The maximum Gasteiger partial charge on any atom is 0.133 e. The third-order valence-corrected chi connectivity index (χ3v) is 1.44. The summed E-state index contributed by atoms with van der Waals surface area (Å²) in [5, 5.41) is 7.36. The molecule has 1 aromatic heterocycles. The summed E-state index contributed by atoms with van der Waals surface area (Å²) in [6.07, 6.45) is 2.59. The molecule has 0 amide bonds. The number of pyridine rings is 1. The van der Waals surface area contributed by atoms with Crippen molar-refractivity contribution in [2.24, 2.45) is 0 Å². The summed E-state index contributed by atoms with van der Waals surface area (Å²) in [7, 11) is 0. The Morgan fingerprint density at radius 2 is 2.40 bits per heavy atom. The summed E-state index contributed by atoms with van der Waals surface area (Å²) in [6, 6.07) is 1.60. The van der Waals surface area contributed by atoms with Gasteiger partial charge in [-0.3, -0.25) is 0 Å². The van der Waals surface area contributed by atoms with E-state index in [1.807, 2.05) is 0 Å². The van der Waals surface area contributed by atoms with Crippen LogP contribution in [-0.2, 0) is 0 Å². The zero-order valence-corrected chi connectivity index (χ0v) is 5.89. The monoisotopic (exact) mass is 155 g/mol. The average Bonchev–Trinajstić information content (AvgIpc) is 1.88. The van der Waals surface area contributed by atoms with E-state index in [0.29, 0.717) is 16.4 Å². The van der Waals surface area contributed by atoms with Gasteiger partial charge in [0.25, 0.3) is 0 Å². The second-order valence-electron chi connectivity index (χ2n) is 1.74. The Morgan fingerprint density at radius 3 is 2.80 bits per heavy atom. The van der Waals surface area contributed by atoms with Gasteiger partial charge in [-0.15, -0.1) is 0 Å². The Balaban J connectivity index is 3.30. The van der Waals surface area contributed by atoms with Gasteiger partial charge in [-0.05, 0) is 6.07 Å². The smallest absolute Gasteiger partial charge is 0.133 e. The Labute approximate surface area is 63.3 Å². The molecular formula is C6H6ClN3. The van der Waals surface area contributed by atoms with E-state index < -0.39 is 0 Å². The highest BCUT2D eigenvalue weighted by molar-refractivity contribution is 6.33. The third kappa shape index (κ3) is 1.09. The molecule has 0 spiro atoms. The molecule has 0 radical (unpaired) electrons. The van der Waals surface area contributed by atoms with Crippen molar-refractivity contribution in [1.29, 1.82) is 5.41 Å². The number of halogens is 1. The lowest BCUT2D eigenvalue weighted by Gasteiger charge is -1.98. The van der Waals surface area contributed by atoms with Gasteiger partial charge in [0.2, 0.25) is 0 Å². The molecule has 0 fully saturated rings. The molecule has 1 heterocycles. The Bertz CT molecular complexity index is 239. The molecule has 10 heavy (non-hydrogen) atoms. The van der Waals surface area contributed by atoms with Crippen molar-refractivity contribution in [2.75, 3.05) is 5.73 Å². The average molecular weight is 156 g/mol. The topological polar surface area (TPSA) is 62.8 Å². The molecule has 1 rings (SSSR count). The molecule has 52 valence electrons. The van der Waals surface area contributed by atoms with E-state index in [2.05, 4.69) is 4.98 Å². The maximum atomic E-state index is 6.90. The molecule has 1 aromatic rings. The Morgan fingerprint density at radius 1 is 1.70 bits per heavy atom. The summed E-state index contributed by atoms with van der Waals surface area (Å²) in [5.41, 5.74) is 5.86. The van der Waals surface area contributed by atoms with Gasteiger partial charge in [0.15, 0.2) is 0 Å². The molecule has 3 nitrogen and oxygen atoms in total. The van der Waals surface area contributed by atoms with Crippen LogP contribution in [0.5, 0.6) is 0 Å². The number of hydrogen-bond acceptors (Lipinski definition) is 3. The van der Waals surface area contributed by atoms with Gasteiger partial charge in [0.1, 0.15) is 5.82 Å². The van der Waals surface area contributed by atoms with E-state index in [1.54, 1.807) is 6.07 Å². The van der Waals surface area contributed by atoms with Gasteiger partial charge in [-0.1, -0.05) is 11.6 Å². The minimum Gasteiger partial charge on any atom is -0.383 e. The van der Waals surface area contributed by atoms with Gasteiger partial charge >= 0.3 is 0 Å². The van der Waals surface area contributed by atoms with Crippen molar-refractivity contribution in [1.82, 2.24) is 4.98 Å². The number of nitrogens with two attached hydrogens (primary N) is 1. The largest absolute Gasteiger partial charge is 0.383 e. The molecular weight excluding hydrogens is 150 g/mol. The van der Waals surface area contributed by atoms with Gasteiger partial charge < -0.3 is 11.1 Å². The minimum absolute atomic E-state index is 0.294. The molecule has 0 saturated heterocycles. The number of anilines is 1. The summed E-state index contributed by atoms with van der Waals surface area (Å²) in [6.45, 7) is 0. The normalized spacial score (nSPS) is 9.30. The number of nitrogen functional groups attached to an aromatic ring is 1. The SMILES string of the molecule is N=Cc1c(Cl)ccnc1N. The van der Waals surface area contributed by atoms with Gasteiger partial charge in [-0.25, -0.2) is 4.98 Å². The second-order valence-corrected chi connectivity index (χ2v) is 2.14. The molecule has 0 atom stereocenters. The molecule has 0 bridgehead atoms. The van der Waals surface area contributed by atoms with Crippen LogP contribution < -0.4 is 5.73 Å². The predicted octanol–water partition coefficient (Wildman–Crippen LogP) is 1.31. The highest BCUT2D eigenvalue weighted by Crippen LogP contribution is 2.16. The van der Waals surface area contributed by atoms with Crippen LogP contribution in [0.25, 0.3) is 0 Å². The van der Waals surface area contributed by atoms with Gasteiger partial charge in [0.05, 0.1) is 10.6 Å². The zero-order chi connectivity index (χ0) is 7.56. The van der Waals surface area contributed by atoms with E-state index in [4.69, 9.17) is 22.7 Å². The Kier molecular flexibility index (Phi) is 1.87. The van der Waals surface area contributed by atoms with Gasteiger partial charge in [0, 0.05) is 12.4 Å². The minimum atomic E-state index is 0.294. The first-order chi connectivity index (χ1) is 4.75. The fraction of sp³-hybridized carbons (Fsp3) is 0. The molecule has 0 saturated carbocycles.